The Balaban J connectivity index is 1.80. The normalized spacial score (nSPS) is 20.1. The highest BCUT2D eigenvalue weighted by atomic mass is 16.2. The maximum atomic E-state index is 12.4. The standard InChI is InChI=1S/C12H18N4O/c17-12(16-7-2-5-13-6-8-16)11-9-3-1-4-10(9)14-15-11/h13H,1-8H2,(H,14,15). The predicted octanol–water partition coefficient (Wildman–Crippen LogP) is 0.334. The van der Waals surface area contributed by atoms with Crippen molar-refractivity contribution >= 4 is 5.91 Å². The number of carbonyl (C=O) groups excluding carboxylic acids is 1. The first-order valence-corrected chi connectivity index (χ1v) is 6.42. The topological polar surface area (TPSA) is 61.0 Å². The molecule has 0 spiro atoms. The fourth-order valence-corrected chi connectivity index (χ4v) is 2.69. The van der Waals surface area contributed by atoms with Crippen LogP contribution in [0.25, 0.3) is 0 Å². The number of amides is 1. The third-order valence-corrected chi connectivity index (χ3v) is 3.64. The van der Waals surface area contributed by atoms with Gasteiger partial charge in [0, 0.05) is 30.9 Å². The lowest BCUT2D eigenvalue weighted by Gasteiger charge is -2.19. The number of aromatic amines is 1. The molecule has 17 heavy (non-hydrogen) atoms. The molecule has 2 aliphatic rings. The van der Waals surface area contributed by atoms with Crippen LogP contribution in [0.3, 0.4) is 0 Å². The Bertz CT molecular complexity index is 418. The van der Waals surface area contributed by atoms with Crippen molar-refractivity contribution in [1.82, 2.24) is 20.4 Å². The van der Waals surface area contributed by atoms with Gasteiger partial charge in [0.25, 0.3) is 5.91 Å². The molecule has 1 aromatic heterocycles. The van der Waals surface area contributed by atoms with Crippen LogP contribution in [0.15, 0.2) is 0 Å². The molecule has 1 aliphatic carbocycles. The number of carbonyl (C=O) groups is 1. The van der Waals surface area contributed by atoms with E-state index >= 15 is 0 Å². The van der Waals surface area contributed by atoms with Crippen LogP contribution in [0.2, 0.25) is 0 Å². The SMILES string of the molecule is O=C(c1n[nH]c2c1CCC2)N1CCCNCC1. The van der Waals surface area contributed by atoms with Gasteiger partial charge in [-0.25, -0.2) is 0 Å². The van der Waals surface area contributed by atoms with E-state index in [1.54, 1.807) is 0 Å². The number of nitrogens with one attached hydrogen (secondary N) is 2. The van der Waals surface area contributed by atoms with E-state index in [1.165, 1.54) is 5.69 Å². The third kappa shape index (κ3) is 1.95. The zero-order valence-electron chi connectivity index (χ0n) is 9.96. The number of rotatable bonds is 1. The maximum Gasteiger partial charge on any atom is 0.274 e. The van der Waals surface area contributed by atoms with E-state index in [0.717, 1.165) is 57.4 Å². The van der Waals surface area contributed by atoms with Crippen LogP contribution in [0.1, 0.15) is 34.6 Å². The quantitative estimate of drug-likeness (QED) is 0.736. The van der Waals surface area contributed by atoms with Crippen LogP contribution in [-0.4, -0.2) is 47.2 Å². The molecule has 92 valence electrons. The number of aromatic nitrogens is 2. The van der Waals surface area contributed by atoms with Crippen molar-refractivity contribution in [3.63, 3.8) is 0 Å². The summed E-state index contributed by atoms with van der Waals surface area (Å²) >= 11 is 0. The molecular formula is C12H18N4O. The summed E-state index contributed by atoms with van der Waals surface area (Å²) < 4.78 is 0. The van der Waals surface area contributed by atoms with Crippen molar-refractivity contribution in [3.05, 3.63) is 17.0 Å². The Kier molecular flexibility index (Phi) is 2.84. The fraction of sp³-hybridized carbons (Fsp3) is 0.667. The van der Waals surface area contributed by atoms with Gasteiger partial charge in [0.15, 0.2) is 5.69 Å². The van der Waals surface area contributed by atoms with E-state index in [1.807, 2.05) is 4.90 Å². The molecular weight excluding hydrogens is 216 g/mol. The molecule has 3 rings (SSSR count). The van der Waals surface area contributed by atoms with Crippen molar-refractivity contribution in [2.24, 2.45) is 0 Å². The number of hydrogen-bond acceptors (Lipinski definition) is 3. The Morgan fingerprint density at radius 2 is 2.12 bits per heavy atom. The molecule has 5 nitrogen and oxygen atoms in total. The Morgan fingerprint density at radius 1 is 1.18 bits per heavy atom. The first-order chi connectivity index (χ1) is 8.36. The van der Waals surface area contributed by atoms with Crippen molar-refractivity contribution in [2.45, 2.75) is 25.7 Å². The van der Waals surface area contributed by atoms with Crippen LogP contribution in [-0.2, 0) is 12.8 Å². The van der Waals surface area contributed by atoms with Gasteiger partial charge < -0.3 is 10.2 Å². The first kappa shape index (κ1) is 10.8. The predicted molar refractivity (Wildman–Crippen MR) is 64.0 cm³/mol. The summed E-state index contributed by atoms with van der Waals surface area (Å²) in [6, 6.07) is 0. The van der Waals surface area contributed by atoms with E-state index in [-0.39, 0.29) is 5.91 Å². The van der Waals surface area contributed by atoms with Gasteiger partial charge in [-0.15, -0.1) is 0 Å². The zero-order valence-corrected chi connectivity index (χ0v) is 9.96. The smallest absolute Gasteiger partial charge is 0.274 e. The van der Waals surface area contributed by atoms with Gasteiger partial charge in [-0.05, 0) is 32.2 Å². The van der Waals surface area contributed by atoms with E-state index in [0.29, 0.717) is 5.69 Å². The number of hydrogen-bond donors (Lipinski definition) is 2. The second-order valence-electron chi connectivity index (χ2n) is 4.78. The molecule has 5 heteroatoms. The van der Waals surface area contributed by atoms with Gasteiger partial charge in [-0.1, -0.05) is 0 Å². The summed E-state index contributed by atoms with van der Waals surface area (Å²) in [6.45, 7) is 3.52. The lowest BCUT2D eigenvalue weighted by molar-refractivity contribution is 0.0759. The molecule has 2 heterocycles. The van der Waals surface area contributed by atoms with Gasteiger partial charge in [-0.2, -0.15) is 5.10 Å². The average molecular weight is 234 g/mol. The highest BCUT2D eigenvalue weighted by Crippen LogP contribution is 2.23. The highest BCUT2D eigenvalue weighted by Gasteiger charge is 2.26. The van der Waals surface area contributed by atoms with Crippen LogP contribution in [0, 0.1) is 0 Å². The lowest BCUT2D eigenvalue weighted by atomic mass is 10.2. The first-order valence-electron chi connectivity index (χ1n) is 6.42. The van der Waals surface area contributed by atoms with Gasteiger partial charge in [-0.3, -0.25) is 9.89 Å². The van der Waals surface area contributed by atoms with E-state index < -0.39 is 0 Å². The fourth-order valence-electron chi connectivity index (χ4n) is 2.69. The van der Waals surface area contributed by atoms with Crippen molar-refractivity contribution in [1.29, 1.82) is 0 Å². The number of H-pyrrole nitrogens is 1. The molecule has 0 aromatic carbocycles. The minimum atomic E-state index is 0.105. The largest absolute Gasteiger partial charge is 0.336 e. The second-order valence-corrected chi connectivity index (χ2v) is 4.78. The molecule has 0 atom stereocenters. The zero-order chi connectivity index (χ0) is 11.7. The molecule has 1 aromatic rings. The van der Waals surface area contributed by atoms with Crippen LogP contribution < -0.4 is 5.32 Å². The average Bonchev–Trinajstić information content (AvgIpc) is 2.82. The van der Waals surface area contributed by atoms with E-state index in [2.05, 4.69) is 15.5 Å². The Labute approximate surface area is 101 Å². The summed E-state index contributed by atoms with van der Waals surface area (Å²) in [5, 5.41) is 10.5. The number of aryl methyl sites for hydroxylation is 1. The minimum absolute atomic E-state index is 0.105. The Hall–Kier alpha value is -1.36. The van der Waals surface area contributed by atoms with Gasteiger partial charge in [0.2, 0.25) is 0 Å². The second kappa shape index (κ2) is 4.49. The molecule has 2 N–H and O–H groups in total. The summed E-state index contributed by atoms with van der Waals surface area (Å²) in [5.74, 6) is 0.105. The van der Waals surface area contributed by atoms with Gasteiger partial charge in [0.05, 0.1) is 0 Å². The van der Waals surface area contributed by atoms with E-state index in [4.69, 9.17) is 0 Å². The lowest BCUT2D eigenvalue weighted by Crippen LogP contribution is -2.34. The van der Waals surface area contributed by atoms with Crippen molar-refractivity contribution in [3.8, 4) is 0 Å². The number of nitrogens with zero attached hydrogens (tertiary/aromatic N) is 2. The highest BCUT2D eigenvalue weighted by molar-refractivity contribution is 5.94. The summed E-state index contributed by atoms with van der Waals surface area (Å²) in [6.07, 6.45) is 4.21. The minimum Gasteiger partial charge on any atom is -0.336 e. The van der Waals surface area contributed by atoms with Gasteiger partial charge >= 0.3 is 0 Å². The van der Waals surface area contributed by atoms with Gasteiger partial charge in [0.1, 0.15) is 0 Å². The molecule has 0 radical (unpaired) electrons. The maximum absolute atomic E-state index is 12.4. The van der Waals surface area contributed by atoms with Crippen LogP contribution in [0.4, 0.5) is 0 Å². The molecule has 1 saturated heterocycles. The summed E-state index contributed by atoms with van der Waals surface area (Å²) in [4.78, 5) is 14.3. The molecule has 0 bridgehead atoms. The monoisotopic (exact) mass is 234 g/mol. The van der Waals surface area contributed by atoms with Crippen LogP contribution >= 0.6 is 0 Å². The van der Waals surface area contributed by atoms with Crippen molar-refractivity contribution in [2.75, 3.05) is 26.2 Å². The molecule has 1 aliphatic heterocycles. The van der Waals surface area contributed by atoms with E-state index in [9.17, 15) is 4.79 Å². The molecule has 1 amide bonds. The van der Waals surface area contributed by atoms with Crippen LogP contribution in [0.5, 0.6) is 0 Å². The molecule has 0 saturated carbocycles. The summed E-state index contributed by atoms with van der Waals surface area (Å²) in [5.41, 5.74) is 2.99. The summed E-state index contributed by atoms with van der Waals surface area (Å²) in [7, 11) is 0. The number of fused-ring (bicyclic) bond motifs is 1. The Morgan fingerprint density at radius 3 is 3.06 bits per heavy atom. The molecule has 0 unspecified atom stereocenters. The molecule has 1 fully saturated rings. The third-order valence-electron chi connectivity index (χ3n) is 3.64. The van der Waals surface area contributed by atoms with Crippen molar-refractivity contribution < 1.29 is 4.79 Å².